The highest BCUT2D eigenvalue weighted by atomic mass is 32.2. The average molecular weight is 584 g/mol. The number of amides is 2. The molecule has 0 unspecified atom stereocenters. The van der Waals surface area contributed by atoms with Crippen LogP contribution >= 0.6 is 11.8 Å². The van der Waals surface area contributed by atoms with Crippen LogP contribution in [-0.4, -0.2) is 68.7 Å². The molecule has 1 aliphatic carbocycles. The maximum Gasteiger partial charge on any atom is 0.245 e. The molecule has 2 N–H and O–H groups in total. The Morgan fingerprint density at radius 1 is 1.07 bits per heavy atom. The van der Waals surface area contributed by atoms with Crippen molar-refractivity contribution in [2.75, 3.05) is 51.2 Å². The summed E-state index contributed by atoms with van der Waals surface area (Å²) >= 11 is 1.85. The summed E-state index contributed by atoms with van der Waals surface area (Å²) in [5.74, 6) is 3.17. The Labute approximate surface area is 246 Å². The molecular weight excluding hydrogens is 542 g/mol. The molecule has 41 heavy (non-hydrogen) atoms. The number of ether oxygens (including phenoxy) is 3. The van der Waals surface area contributed by atoms with Gasteiger partial charge in [0.05, 0.1) is 33.1 Å². The van der Waals surface area contributed by atoms with Crippen LogP contribution in [0.1, 0.15) is 50.8 Å². The molecule has 0 radical (unpaired) electrons. The second-order valence-corrected chi connectivity index (χ2v) is 11.8. The van der Waals surface area contributed by atoms with Gasteiger partial charge >= 0.3 is 0 Å². The fourth-order valence-electron chi connectivity index (χ4n) is 5.66. The topological polar surface area (TPSA) is 106 Å². The zero-order valence-electron chi connectivity index (χ0n) is 24.8. The highest BCUT2D eigenvalue weighted by Gasteiger charge is 2.32. The smallest absolute Gasteiger partial charge is 0.245 e. The summed E-state index contributed by atoms with van der Waals surface area (Å²) in [7, 11) is 4.71. The number of thioether (sulfide) groups is 1. The monoisotopic (exact) mass is 583 g/mol. The van der Waals surface area contributed by atoms with Gasteiger partial charge in [-0.15, -0.1) is 0 Å². The van der Waals surface area contributed by atoms with Gasteiger partial charge in [0.1, 0.15) is 6.04 Å². The first-order chi connectivity index (χ1) is 19.7. The van der Waals surface area contributed by atoms with E-state index in [1.54, 1.807) is 33.5 Å². The van der Waals surface area contributed by atoms with Crippen LogP contribution in [0.3, 0.4) is 0 Å². The Hall–Kier alpha value is -3.40. The molecule has 0 aromatic heterocycles. The van der Waals surface area contributed by atoms with Gasteiger partial charge < -0.3 is 29.7 Å². The number of anilines is 1. The van der Waals surface area contributed by atoms with Gasteiger partial charge in [-0.3, -0.25) is 14.4 Å². The number of aryl methyl sites for hydroxylation is 1. The van der Waals surface area contributed by atoms with Crippen LogP contribution in [0.4, 0.5) is 5.69 Å². The maximum atomic E-state index is 13.8. The molecule has 3 atom stereocenters. The Balaban J connectivity index is 1.88. The predicted octanol–water partition coefficient (Wildman–Crippen LogP) is 4.27. The summed E-state index contributed by atoms with van der Waals surface area (Å²) in [5.41, 5.74) is 3.26. The molecule has 1 aliphatic heterocycles. The van der Waals surface area contributed by atoms with Crippen LogP contribution in [0.15, 0.2) is 29.1 Å². The summed E-state index contributed by atoms with van der Waals surface area (Å²) in [5, 5.41) is 6.36. The zero-order valence-corrected chi connectivity index (χ0v) is 25.6. The molecular formula is C31H41N3O6S. The number of carbonyl (C=O) groups excluding carboxylic acids is 2. The first-order valence-corrected chi connectivity index (χ1v) is 15.3. The molecule has 1 saturated heterocycles. The fourth-order valence-corrected chi connectivity index (χ4v) is 6.56. The number of fused-ring (bicyclic) bond motifs is 3. The lowest BCUT2D eigenvalue weighted by Gasteiger charge is -2.33. The van der Waals surface area contributed by atoms with Gasteiger partial charge in [-0.1, -0.05) is 26.3 Å². The molecule has 9 nitrogen and oxygen atoms in total. The molecule has 1 fully saturated rings. The van der Waals surface area contributed by atoms with Crippen molar-refractivity contribution in [3.8, 4) is 28.4 Å². The molecule has 2 aromatic carbocycles. The van der Waals surface area contributed by atoms with Crippen LogP contribution in [0.5, 0.6) is 17.2 Å². The lowest BCUT2D eigenvalue weighted by atomic mass is 9.95. The van der Waals surface area contributed by atoms with Gasteiger partial charge in [0.25, 0.3) is 0 Å². The number of hydrogen-bond donors (Lipinski definition) is 2. The van der Waals surface area contributed by atoms with Crippen LogP contribution in [0.25, 0.3) is 11.1 Å². The number of methoxy groups -OCH3 is 3. The first-order valence-electron chi connectivity index (χ1n) is 14.1. The normalized spacial score (nSPS) is 17.7. The van der Waals surface area contributed by atoms with E-state index in [0.29, 0.717) is 54.4 Å². The molecule has 0 spiro atoms. The summed E-state index contributed by atoms with van der Waals surface area (Å²) < 4.78 is 17.1. The second-order valence-electron chi connectivity index (χ2n) is 10.5. The van der Waals surface area contributed by atoms with Crippen LogP contribution < -0.4 is 30.3 Å². The molecule has 0 bridgehead atoms. The van der Waals surface area contributed by atoms with Crippen molar-refractivity contribution < 1.29 is 23.8 Å². The Morgan fingerprint density at radius 3 is 2.39 bits per heavy atom. The standard InChI is InChI=1S/C31H41N3O6S/c1-7-18(2)28(31(37)34-12-14-41-15-13-34)33-24-11-9-21-22(17-25(24)36)23(32-19(3)35)10-8-20-16-26(38-4)29(39-5)30(40-6)27(20)21/h9,11,16-18,23,28H,7-8,10,12-15H2,1-6H3,(H,32,35)(H,33,36)/t18-,23+,28+/m0/s1. The van der Waals surface area contributed by atoms with E-state index in [1.165, 1.54) is 6.92 Å². The number of nitrogens with one attached hydrogen (secondary N) is 2. The average Bonchev–Trinajstić information content (AvgIpc) is 3.22. The SMILES string of the molecule is CC[C@H](C)[C@@H](Nc1ccc2c(cc1=O)[C@H](NC(C)=O)CCc1cc(OC)c(OC)c(OC)c1-2)C(=O)N1CCSCC1. The van der Waals surface area contributed by atoms with Gasteiger partial charge in [-0.05, 0) is 53.6 Å². The van der Waals surface area contributed by atoms with Gasteiger partial charge in [0, 0.05) is 37.1 Å². The molecule has 2 aromatic rings. The number of hydrogen-bond acceptors (Lipinski definition) is 8. The summed E-state index contributed by atoms with van der Waals surface area (Å²) in [4.78, 5) is 41.5. The van der Waals surface area contributed by atoms with Gasteiger partial charge in [0.2, 0.25) is 23.0 Å². The molecule has 2 aliphatic rings. The molecule has 2 amide bonds. The second kappa shape index (κ2) is 13.5. The van der Waals surface area contributed by atoms with Gasteiger partial charge in [-0.25, -0.2) is 0 Å². The van der Waals surface area contributed by atoms with Crippen molar-refractivity contribution in [3.63, 3.8) is 0 Å². The fraction of sp³-hybridized carbons (Fsp3) is 0.516. The van der Waals surface area contributed by atoms with E-state index in [2.05, 4.69) is 10.6 Å². The zero-order chi connectivity index (χ0) is 29.7. The van der Waals surface area contributed by atoms with E-state index < -0.39 is 12.1 Å². The van der Waals surface area contributed by atoms with Crippen LogP contribution in [-0.2, 0) is 16.0 Å². The highest BCUT2D eigenvalue weighted by molar-refractivity contribution is 7.99. The third-order valence-electron chi connectivity index (χ3n) is 8.03. The number of rotatable bonds is 9. The molecule has 10 heteroatoms. The Bertz CT molecular complexity index is 1340. The third-order valence-corrected chi connectivity index (χ3v) is 8.97. The van der Waals surface area contributed by atoms with Crippen molar-refractivity contribution in [3.05, 3.63) is 45.6 Å². The van der Waals surface area contributed by atoms with E-state index in [4.69, 9.17) is 14.2 Å². The van der Waals surface area contributed by atoms with Crippen LogP contribution in [0.2, 0.25) is 0 Å². The van der Waals surface area contributed by atoms with Gasteiger partial charge in [0.15, 0.2) is 11.5 Å². The molecule has 0 saturated carbocycles. The van der Waals surface area contributed by atoms with E-state index in [1.807, 2.05) is 42.6 Å². The largest absolute Gasteiger partial charge is 0.493 e. The Kier molecular flexibility index (Phi) is 10.1. The minimum absolute atomic E-state index is 0.0180. The lowest BCUT2D eigenvalue weighted by molar-refractivity contribution is -0.132. The van der Waals surface area contributed by atoms with Crippen molar-refractivity contribution >= 4 is 29.3 Å². The molecule has 222 valence electrons. The highest BCUT2D eigenvalue weighted by Crippen LogP contribution is 2.50. The van der Waals surface area contributed by atoms with Crippen LogP contribution in [0, 0.1) is 5.92 Å². The predicted molar refractivity (Wildman–Crippen MR) is 163 cm³/mol. The summed E-state index contributed by atoms with van der Waals surface area (Å²) in [6.45, 7) is 6.97. The number of nitrogens with zero attached hydrogens (tertiary/aromatic N) is 1. The lowest BCUT2D eigenvalue weighted by Crippen LogP contribution is -2.49. The van der Waals surface area contributed by atoms with E-state index in [0.717, 1.165) is 34.6 Å². The quantitative estimate of drug-likeness (QED) is 0.451. The summed E-state index contributed by atoms with van der Waals surface area (Å²) in [6, 6.07) is 6.20. The van der Waals surface area contributed by atoms with Crippen molar-refractivity contribution in [1.82, 2.24) is 10.2 Å². The van der Waals surface area contributed by atoms with Crippen molar-refractivity contribution in [1.29, 1.82) is 0 Å². The van der Waals surface area contributed by atoms with E-state index in [-0.39, 0.29) is 23.2 Å². The van der Waals surface area contributed by atoms with Gasteiger partial charge in [-0.2, -0.15) is 11.8 Å². The Morgan fingerprint density at radius 2 is 1.78 bits per heavy atom. The third kappa shape index (κ3) is 6.42. The van der Waals surface area contributed by atoms with E-state index >= 15 is 0 Å². The molecule has 1 heterocycles. The van der Waals surface area contributed by atoms with Crippen molar-refractivity contribution in [2.24, 2.45) is 5.92 Å². The molecule has 4 rings (SSSR count). The minimum atomic E-state index is -0.532. The maximum absolute atomic E-state index is 13.8. The number of carbonyl (C=O) groups is 2. The van der Waals surface area contributed by atoms with Crippen molar-refractivity contribution in [2.45, 2.75) is 52.1 Å². The first kappa shape index (κ1) is 30.6. The van der Waals surface area contributed by atoms with E-state index in [9.17, 15) is 14.4 Å². The minimum Gasteiger partial charge on any atom is -0.493 e. The number of benzene rings is 1. The summed E-state index contributed by atoms with van der Waals surface area (Å²) in [6.07, 6.45) is 1.98.